The number of aromatic nitrogens is 1. The Bertz CT molecular complexity index is 971. The molecule has 0 unspecified atom stereocenters. The number of carbonyl (C=O) groups is 1. The summed E-state index contributed by atoms with van der Waals surface area (Å²) in [6, 6.07) is 16.9. The van der Waals surface area contributed by atoms with Gasteiger partial charge >= 0.3 is 0 Å². The normalized spacial score (nSPS) is 10.0. The van der Waals surface area contributed by atoms with E-state index in [-0.39, 0.29) is 25.5 Å². The van der Waals surface area contributed by atoms with Crippen LogP contribution >= 0.6 is 11.6 Å². The molecule has 4 nitrogen and oxygen atoms in total. The van der Waals surface area contributed by atoms with Crippen molar-refractivity contribution in [3.05, 3.63) is 71.4 Å². The molecule has 0 saturated heterocycles. The minimum atomic E-state index is -0.119. The van der Waals surface area contributed by atoms with Crippen molar-refractivity contribution >= 4 is 28.4 Å². The maximum Gasteiger partial charge on any atom is 0.225 e. The van der Waals surface area contributed by atoms with Gasteiger partial charge in [0.25, 0.3) is 0 Å². The van der Waals surface area contributed by atoms with Gasteiger partial charge in [-0.1, -0.05) is 59.8 Å². The first-order valence-corrected chi connectivity index (χ1v) is 8.54. The van der Waals surface area contributed by atoms with Crippen LogP contribution in [0.15, 0.2) is 60.8 Å². The Balaban J connectivity index is 1.46. The molecule has 2 aromatic carbocycles. The van der Waals surface area contributed by atoms with E-state index in [1.807, 2.05) is 48.5 Å². The minimum absolute atomic E-state index is 0.119. The van der Waals surface area contributed by atoms with Gasteiger partial charge in [0.1, 0.15) is 17.9 Å². The van der Waals surface area contributed by atoms with E-state index >= 15 is 0 Å². The third kappa shape index (κ3) is 4.75. The zero-order valence-corrected chi connectivity index (χ0v) is 14.8. The first-order chi connectivity index (χ1) is 12.7. The van der Waals surface area contributed by atoms with Crippen LogP contribution < -0.4 is 10.1 Å². The number of nitrogens with one attached hydrogen (secondary N) is 1. The molecule has 0 bridgehead atoms. The fourth-order valence-corrected chi connectivity index (χ4v) is 2.64. The topological polar surface area (TPSA) is 51.2 Å². The van der Waals surface area contributed by atoms with Crippen LogP contribution in [-0.4, -0.2) is 24.0 Å². The van der Waals surface area contributed by atoms with Crippen LogP contribution in [0.2, 0.25) is 5.02 Å². The molecule has 0 radical (unpaired) electrons. The van der Waals surface area contributed by atoms with Crippen molar-refractivity contribution in [3.63, 3.8) is 0 Å². The molecular weight excluding hydrogens is 348 g/mol. The van der Waals surface area contributed by atoms with E-state index in [4.69, 9.17) is 16.3 Å². The molecule has 3 aromatic rings. The molecule has 3 rings (SSSR count). The lowest BCUT2D eigenvalue weighted by atomic mass is 10.1. The van der Waals surface area contributed by atoms with Gasteiger partial charge in [-0.2, -0.15) is 0 Å². The predicted molar refractivity (Wildman–Crippen MR) is 103 cm³/mol. The van der Waals surface area contributed by atoms with Crippen LogP contribution in [0.5, 0.6) is 5.75 Å². The summed E-state index contributed by atoms with van der Waals surface area (Å²) >= 11 is 6.04. The summed E-state index contributed by atoms with van der Waals surface area (Å²) < 4.78 is 5.67. The van der Waals surface area contributed by atoms with Gasteiger partial charge < -0.3 is 10.1 Å². The number of hydrogen-bond donors (Lipinski definition) is 1. The Morgan fingerprint density at radius 2 is 1.92 bits per heavy atom. The van der Waals surface area contributed by atoms with E-state index < -0.39 is 0 Å². The molecular formula is C21H17ClN2O2. The number of carbonyl (C=O) groups excluding carboxylic acids is 1. The Labute approximate surface area is 157 Å². The summed E-state index contributed by atoms with van der Waals surface area (Å²) in [7, 11) is 0. The Hall–Kier alpha value is -3.03. The van der Waals surface area contributed by atoms with Gasteiger partial charge in [-0.3, -0.25) is 9.78 Å². The predicted octanol–water partition coefficient (Wildman–Crippen LogP) is 3.63. The molecule has 1 aromatic heterocycles. The third-order valence-corrected chi connectivity index (χ3v) is 4.07. The maximum absolute atomic E-state index is 11.9. The van der Waals surface area contributed by atoms with Crippen LogP contribution in [0, 0.1) is 11.8 Å². The van der Waals surface area contributed by atoms with Crippen LogP contribution in [-0.2, 0) is 11.2 Å². The average Bonchev–Trinajstić information content (AvgIpc) is 2.66. The minimum Gasteiger partial charge on any atom is -0.479 e. The van der Waals surface area contributed by atoms with E-state index in [1.165, 1.54) is 0 Å². The number of para-hydroxylation sites is 1. The van der Waals surface area contributed by atoms with Crippen molar-refractivity contribution in [1.29, 1.82) is 0 Å². The number of hydrogen-bond acceptors (Lipinski definition) is 3. The fourth-order valence-electron chi connectivity index (χ4n) is 2.44. The number of ether oxygens (including phenoxy) is 1. The number of benzene rings is 2. The summed E-state index contributed by atoms with van der Waals surface area (Å²) in [5, 5.41) is 4.35. The molecule has 0 fully saturated rings. The van der Waals surface area contributed by atoms with Crippen molar-refractivity contribution in [2.45, 2.75) is 6.42 Å². The van der Waals surface area contributed by atoms with Crippen LogP contribution in [0.4, 0.5) is 0 Å². The lowest BCUT2D eigenvalue weighted by Gasteiger charge is -2.05. The van der Waals surface area contributed by atoms with E-state index in [0.29, 0.717) is 10.8 Å². The molecule has 1 heterocycles. The zero-order valence-electron chi connectivity index (χ0n) is 14.0. The summed E-state index contributed by atoms with van der Waals surface area (Å²) in [5.74, 6) is 6.34. The highest BCUT2D eigenvalue weighted by atomic mass is 35.5. The summed E-state index contributed by atoms with van der Waals surface area (Å²) in [4.78, 5) is 16.2. The van der Waals surface area contributed by atoms with Gasteiger partial charge in [-0.15, -0.1) is 0 Å². The molecule has 26 heavy (non-hydrogen) atoms. The molecule has 1 amide bonds. The van der Waals surface area contributed by atoms with Crippen LogP contribution in [0.1, 0.15) is 5.56 Å². The largest absolute Gasteiger partial charge is 0.479 e. The van der Waals surface area contributed by atoms with Crippen molar-refractivity contribution in [2.75, 3.05) is 13.2 Å². The lowest BCUT2D eigenvalue weighted by Crippen LogP contribution is -2.25. The smallest absolute Gasteiger partial charge is 0.225 e. The summed E-state index contributed by atoms with van der Waals surface area (Å²) in [6.07, 6.45) is 1.97. The SMILES string of the molecule is O=C(Cc1ccccc1Cl)NCC#CCOc1cccc2cccnc12. The molecule has 0 saturated carbocycles. The Kier molecular flexibility index (Phi) is 6.08. The van der Waals surface area contributed by atoms with Crippen molar-refractivity contribution in [2.24, 2.45) is 0 Å². The van der Waals surface area contributed by atoms with Crippen LogP contribution in [0.25, 0.3) is 10.9 Å². The summed E-state index contributed by atoms with van der Waals surface area (Å²) in [5.41, 5.74) is 1.61. The first-order valence-electron chi connectivity index (χ1n) is 8.16. The number of pyridine rings is 1. The molecule has 0 aliphatic carbocycles. The van der Waals surface area contributed by atoms with Gasteiger partial charge in [0.2, 0.25) is 5.91 Å². The number of nitrogens with zero attached hydrogens (tertiary/aromatic N) is 1. The second-order valence-corrected chi connectivity index (χ2v) is 5.93. The number of halogens is 1. The molecule has 130 valence electrons. The molecule has 1 N–H and O–H groups in total. The van der Waals surface area contributed by atoms with Crippen LogP contribution in [0.3, 0.4) is 0 Å². The van der Waals surface area contributed by atoms with E-state index in [2.05, 4.69) is 22.1 Å². The number of rotatable bonds is 5. The molecule has 0 aliphatic rings. The third-order valence-electron chi connectivity index (χ3n) is 3.70. The molecule has 0 spiro atoms. The highest BCUT2D eigenvalue weighted by Crippen LogP contribution is 2.22. The highest BCUT2D eigenvalue weighted by molar-refractivity contribution is 6.31. The van der Waals surface area contributed by atoms with E-state index in [0.717, 1.165) is 16.5 Å². The standard InChI is InChI=1S/C21H17ClN2O2/c22-18-10-2-1-7-17(18)15-20(25)23-12-3-4-14-26-19-11-5-8-16-9-6-13-24-21(16)19/h1-2,5-11,13H,12,14-15H2,(H,23,25). The van der Waals surface area contributed by atoms with Crippen molar-refractivity contribution in [1.82, 2.24) is 10.3 Å². The quantitative estimate of drug-likeness (QED) is 0.703. The zero-order chi connectivity index (χ0) is 18.2. The second-order valence-electron chi connectivity index (χ2n) is 5.52. The second kappa shape index (κ2) is 8.89. The van der Waals surface area contributed by atoms with Gasteiger partial charge in [0, 0.05) is 16.6 Å². The highest BCUT2D eigenvalue weighted by Gasteiger charge is 2.05. The molecule has 5 heteroatoms. The van der Waals surface area contributed by atoms with Gasteiger partial charge in [-0.25, -0.2) is 0 Å². The molecule has 0 aliphatic heterocycles. The van der Waals surface area contributed by atoms with E-state index in [9.17, 15) is 4.79 Å². The molecule has 0 atom stereocenters. The fraction of sp³-hybridized carbons (Fsp3) is 0.143. The monoisotopic (exact) mass is 364 g/mol. The van der Waals surface area contributed by atoms with Gasteiger partial charge in [0.15, 0.2) is 0 Å². The average molecular weight is 365 g/mol. The maximum atomic E-state index is 11.9. The Morgan fingerprint density at radius 1 is 1.08 bits per heavy atom. The lowest BCUT2D eigenvalue weighted by molar-refractivity contribution is -0.120. The number of amides is 1. The van der Waals surface area contributed by atoms with Crippen molar-refractivity contribution < 1.29 is 9.53 Å². The number of fused-ring (bicyclic) bond motifs is 1. The first kappa shape index (κ1) is 17.8. The summed E-state index contributed by atoms with van der Waals surface area (Å²) in [6.45, 7) is 0.497. The van der Waals surface area contributed by atoms with E-state index in [1.54, 1.807) is 12.3 Å². The van der Waals surface area contributed by atoms with Crippen molar-refractivity contribution in [3.8, 4) is 17.6 Å². The Morgan fingerprint density at radius 3 is 2.81 bits per heavy atom. The van der Waals surface area contributed by atoms with Gasteiger partial charge in [-0.05, 0) is 23.8 Å². The van der Waals surface area contributed by atoms with Gasteiger partial charge in [0.05, 0.1) is 13.0 Å².